The molecule has 0 radical (unpaired) electrons. The van der Waals surface area contributed by atoms with Gasteiger partial charge >= 0.3 is 5.97 Å². The molecule has 2 aromatic carbocycles. The fourth-order valence-electron chi connectivity index (χ4n) is 5.01. The van der Waals surface area contributed by atoms with E-state index in [0.717, 1.165) is 25.7 Å². The summed E-state index contributed by atoms with van der Waals surface area (Å²) in [5, 5.41) is 3.16. The van der Waals surface area contributed by atoms with Crippen LogP contribution in [0.5, 0.6) is 0 Å². The second-order valence-corrected chi connectivity index (χ2v) is 12.5. The van der Waals surface area contributed by atoms with Crippen molar-refractivity contribution in [1.29, 1.82) is 0 Å². The van der Waals surface area contributed by atoms with Gasteiger partial charge in [-0.1, -0.05) is 96.5 Å². The number of hydrogen-bond donors (Lipinski definition) is 1. The lowest BCUT2D eigenvalue weighted by Crippen LogP contribution is -2.42. The lowest BCUT2D eigenvalue weighted by molar-refractivity contribution is -0.152. The first-order chi connectivity index (χ1) is 16.4. The molecule has 4 heteroatoms. The summed E-state index contributed by atoms with van der Waals surface area (Å²) in [6.07, 6.45) is 3.94. The molecule has 0 fully saturated rings. The number of amides is 1. The molecule has 0 saturated heterocycles. The van der Waals surface area contributed by atoms with Gasteiger partial charge in [0.1, 0.15) is 12.5 Å². The van der Waals surface area contributed by atoms with E-state index in [1.807, 2.05) is 24.3 Å². The molecule has 2 atom stereocenters. The van der Waals surface area contributed by atoms with Crippen molar-refractivity contribution in [2.45, 2.75) is 86.1 Å². The van der Waals surface area contributed by atoms with Gasteiger partial charge in [-0.05, 0) is 59.3 Å². The molecule has 0 bridgehead atoms. The zero-order valence-electron chi connectivity index (χ0n) is 22.6. The normalized spacial score (nSPS) is 15.2. The fraction of sp³-hybridized carbons (Fsp3) is 0.548. The van der Waals surface area contributed by atoms with Crippen LogP contribution in [0.2, 0.25) is 0 Å². The zero-order valence-corrected chi connectivity index (χ0v) is 22.6. The molecule has 190 valence electrons. The summed E-state index contributed by atoms with van der Waals surface area (Å²) in [6.45, 7) is 15.2. The van der Waals surface area contributed by atoms with Crippen molar-refractivity contribution < 1.29 is 14.3 Å². The molecule has 0 spiro atoms. The zero-order chi connectivity index (χ0) is 25.8. The summed E-state index contributed by atoms with van der Waals surface area (Å²) in [5.74, 6) is -1.56. The number of ether oxygens (including phenoxy) is 1. The van der Waals surface area contributed by atoms with Gasteiger partial charge in [0.05, 0.1) is 0 Å². The first-order valence-electron chi connectivity index (χ1n) is 13.0. The molecule has 35 heavy (non-hydrogen) atoms. The van der Waals surface area contributed by atoms with Crippen LogP contribution in [0.3, 0.4) is 0 Å². The Hall–Kier alpha value is -2.62. The van der Waals surface area contributed by atoms with E-state index < -0.39 is 11.9 Å². The largest absolute Gasteiger partial charge is 0.464 e. The first-order valence-corrected chi connectivity index (χ1v) is 13.0. The van der Waals surface area contributed by atoms with Crippen molar-refractivity contribution in [3.05, 3.63) is 59.7 Å². The standard InChI is InChI=1S/C31H43NO3/c1-21(28(33)32-22(19-31(5,6)7)13-12-18-30(2,3)4)29(34)35-20-27-25-16-10-8-14-23(25)24-15-9-11-17-26(24)27/h8-11,14-17,21-22,27H,12-13,18-20H2,1-7H3,(H,32,33). The molecule has 1 aliphatic rings. The van der Waals surface area contributed by atoms with Gasteiger partial charge in [0.2, 0.25) is 5.91 Å². The van der Waals surface area contributed by atoms with Gasteiger partial charge in [-0.3, -0.25) is 9.59 Å². The highest BCUT2D eigenvalue weighted by atomic mass is 16.5. The maximum Gasteiger partial charge on any atom is 0.318 e. The summed E-state index contributed by atoms with van der Waals surface area (Å²) in [4.78, 5) is 25.9. The molecular weight excluding hydrogens is 434 g/mol. The Kier molecular flexibility index (Phi) is 8.46. The molecule has 1 aliphatic carbocycles. The maximum atomic E-state index is 13.0. The summed E-state index contributed by atoms with van der Waals surface area (Å²) in [7, 11) is 0. The third kappa shape index (κ3) is 7.43. The number of hydrogen-bond acceptors (Lipinski definition) is 3. The van der Waals surface area contributed by atoms with E-state index in [9.17, 15) is 9.59 Å². The summed E-state index contributed by atoms with van der Waals surface area (Å²) < 4.78 is 5.73. The Morgan fingerprint density at radius 2 is 1.43 bits per heavy atom. The Morgan fingerprint density at radius 1 is 0.886 bits per heavy atom. The van der Waals surface area contributed by atoms with Crippen LogP contribution in [0.15, 0.2) is 48.5 Å². The van der Waals surface area contributed by atoms with Gasteiger partial charge < -0.3 is 10.1 Å². The van der Waals surface area contributed by atoms with Crippen LogP contribution in [-0.2, 0) is 14.3 Å². The Balaban J connectivity index is 1.60. The van der Waals surface area contributed by atoms with Crippen LogP contribution in [0.25, 0.3) is 11.1 Å². The molecule has 1 N–H and O–H groups in total. The maximum absolute atomic E-state index is 13.0. The van der Waals surface area contributed by atoms with E-state index in [2.05, 4.69) is 71.1 Å². The number of benzene rings is 2. The molecule has 0 aliphatic heterocycles. The minimum absolute atomic E-state index is 0.00681. The highest BCUT2D eigenvalue weighted by Crippen LogP contribution is 2.44. The quantitative estimate of drug-likeness (QED) is 0.309. The molecule has 3 rings (SSSR count). The number of carbonyl (C=O) groups excluding carboxylic acids is 2. The fourth-order valence-corrected chi connectivity index (χ4v) is 5.01. The average Bonchev–Trinajstić information content (AvgIpc) is 3.08. The van der Waals surface area contributed by atoms with Crippen LogP contribution >= 0.6 is 0 Å². The van der Waals surface area contributed by atoms with Crippen LogP contribution in [-0.4, -0.2) is 24.5 Å². The van der Waals surface area contributed by atoms with Gasteiger partial charge in [0.25, 0.3) is 0 Å². The van der Waals surface area contributed by atoms with Gasteiger partial charge in [-0.25, -0.2) is 0 Å². The highest BCUT2D eigenvalue weighted by molar-refractivity contribution is 5.97. The van der Waals surface area contributed by atoms with E-state index in [4.69, 9.17) is 4.74 Å². The minimum atomic E-state index is -0.841. The van der Waals surface area contributed by atoms with Crippen LogP contribution in [0, 0.1) is 16.7 Å². The number of fused-ring (bicyclic) bond motifs is 3. The van der Waals surface area contributed by atoms with Crippen molar-refractivity contribution in [3.63, 3.8) is 0 Å². The highest BCUT2D eigenvalue weighted by Gasteiger charge is 2.31. The summed E-state index contributed by atoms with van der Waals surface area (Å²) in [5.41, 5.74) is 5.08. The van der Waals surface area contributed by atoms with Crippen LogP contribution < -0.4 is 5.32 Å². The summed E-state index contributed by atoms with van der Waals surface area (Å²) in [6, 6.07) is 16.6. The van der Waals surface area contributed by atoms with Gasteiger partial charge in [0.15, 0.2) is 0 Å². The number of rotatable bonds is 9. The Labute approximate surface area is 211 Å². The van der Waals surface area contributed by atoms with Crippen molar-refractivity contribution in [2.75, 3.05) is 6.61 Å². The van der Waals surface area contributed by atoms with Crippen LogP contribution in [0.1, 0.15) is 91.2 Å². The number of carbonyl (C=O) groups is 2. The number of nitrogens with one attached hydrogen (secondary N) is 1. The third-order valence-corrected chi connectivity index (χ3v) is 6.79. The van der Waals surface area contributed by atoms with Crippen molar-refractivity contribution >= 4 is 11.9 Å². The second kappa shape index (κ2) is 11.0. The topological polar surface area (TPSA) is 55.4 Å². The smallest absolute Gasteiger partial charge is 0.318 e. The van der Waals surface area contributed by atoms with E-state index >= 15 is 0 Å². The van der Waals surface area contributed by atoms with Crippen LogP contribution in [0.4, 0.5) is 0 Å². The molecule has 1 amide bonds. The predicted octanol–water partition coefficient (Wildman–Crippen LogP) is 7.12. The second-order valence-electron chi connectivity index (χ2n) is 12.5. The SMILES string of the molecule is CC(C(=O)NC(CCCC(C)(C)C)CC(C)(C)C)C(=O)OCC1c2ccccc2-c2ccccc21. The van der Waals surface area contributed by atoms with Gasteiger partial charge in [0, 0.05) is 12.0 Å². The molecule has 2 aromatic rings. The van der Waals surface area contributed by atoms with E-state index in [-0.39, 0.29) is 35.3 Å². The minimum Gasteiger partial charge on any atom is -0.464 e. The number of esters is 1. The monoisotopic (exact) mass is 477 g/mol. The van der Waals surface area contributed by atoms with E-state index in [1.165, 1.54) is 22.3 Å². The van der Waals surface area contributed by atoms with Crippen molar-refractivity contribution in [2.24, 2.45) is 16.7 Å². The average molecular weight is 478 g/mol. The van der Waals surface area contributed by atoms with E-state index in [1.54, 1.807) is 6.92 Å². The molecule has 0 saturated carbocycles. The molecular formula is C31H43NO3. The Morgan fingerprint density at radius 3 is 1.94 bits per heavy atom. The molecule has 4 nitrogen and oxygen atoms in total. The molecule has 0 heterocycles. The van der Waals surface area contributed by atoms with Gasteiger partial charge in [-0.15, -0.1) is 0 Å². The Bertz CT molecular complexity index is 983. The van der Waals surface area contributed by atoms with E-state index in [0.29, 0.717) is 0 Å². The predicted molar refractivity (Wildman–Crippen MR) is 143 cm³/mol. The van der Waals surface area contributed by atoms with Gasteiger partial charge in [-0.2, -0.15) is 0 Å². The molecule has 0 aromatic heterocycles. The lowest BCUT2D eigenvalue weighted by atomic mass is 9.84. The lowest BCUT2D eigenvalue weighted by Gasteiger charge is -2.29. The van der Waals surface area contributed by atoms with Crippen molar-refractivity contribution in [1.82, 2.24) is 5.32 Å². The molecule has 2 unspecified atom stereocenters. The summed E-state index contributed by atoms with van der Waals surface area (Å²) >= 11 is 0. The first kappa shape index (κ1) is 27.0. The van der Waals surface area contributed by atoms with Crippen molar-refractivity contribution in [3.8, 4) is 11.1 Å². The third-order valence-electron chi connectivity index (χ3n) is 6.79.